The van der Waals surface area contributed by atoms with Gasteiger partial charge < -0.3 is 10.4 Å². The zero-order valence-electron chi connectivity index (χ0n) is 9.93. The van der Waals surface area contributed by atoms with Gasteiger partial charge in [-0.25, -0.2) is 9.97 Å². The monoisotopic (exact) mass is 327 g/mol. The van der Waals surface area contributed by atoms with E-state index in [2.05, 4.69) is 31.2 Å². The maximum Gasteiger partial charge on any atom is 0.222 e. The van der Waals surface area contributed by atoms with Crippen molar-refractivity contribution in [2.45, 2.75) is 18.9 Å². The van der Waals surface area contributed by atoms with Gasteiger partial charge in [0, 0.05) is 25.4 Å². The van der Waals surface area contributed by atoms with Crippen molar-refractivity contribution in [2.24, 2.45) is 0 Å². The summed E-state index contributed by atoms with van der Waals surface area (Å²) in [5, 5.41) is 17.4. The fourth-order valence-corrected chi connectivity index (χ4v) is 2.44. The van der Waals surface area contributed by atoms with Crippen molar-refractivity contribution >= 4 is 33.2 Å². The van der Waals surface area contributed by atoms with Gasteiger partial charge in [0.1, 0.15) is 0 Å². The Kier molecular flexibility index (Phi) is 4.31. The van der Waals surface area contributed by atoms with E-state index in [9.17, 15) is 5.11 Å². The van der Waals surface area contributed by atoms with Crippen LogP contribution in [0, 0.1) is 0 Å². The molecule has 1 unspecified atom stereocenters. The third kappa shape index (κ3) is 4.04. The zero-order valence-corrected chi connectivity index (χ0v) is 12.3. The Morgan fingerprint density at radius 3 is 2.78 bits per heavy atom. The normalized spacial score (nSPS) is 14.2. The van der Waals surface area contributed by atoms with E-state index in [0.717, 1.165) is 10.0 Å². The van der Waals surface area contributed by atoms with E-state index in [1.165, 1.54) is 0 Å². The number of nitrogens with one attached hydrogen (secondary N) is 1. The summed E-state index contributed by atoms with van der Waals surface area (Å²) in [4.78, 5) is 8.20. The van der Waals surface area contributed by atoms with Gasteiger partial charge in [-0.2, -0.15) is 11.3 Å². The highest BCUT2D eigenvalue weighted by atomic mass is 79.9. The van der Waals surface area contributed by atoms with E-state index in [1.54, 1.807) is 30.7 Å². The number of hydrogen-bond donors (Lipinski definition) is 2. The second kappa shape index (κ2) is 5.77. The minimum absolute atomic E-state index is 0.407. The second-order valence-corrected chi connectivity index (χ2v) is 6.08. The molecule has 0 fully saturated rings. The summed E-state index contributed by atoms with van der Waals surface area (Å²) in [5.41, 5.74) is 0.320. The molecule has 0 aromatic carbocycles. The molecule has 96 valence electrons. The first-order chi connectivity index (χ1) is 8.55. The molecule has 0 saturated carbocycles. The van der Waals surface area contributed by atoms with E-state index in [1.807, 2.05) is 16.8 Å². The number of halogens is 1. The van der Waals surface area contributed by atoms with Crippen LogP contribution in [0.15, 0.2) is 33.7 Å². The Labute approximate surface area is 118 Å². The minimum Gasteiger partial charge on any atom is -0.388 e. The molecule has 18 heavy (non-hydrogen) atoms. The van der Waals surface area contributed by atoms with E-state index >= 15 is 0 Å². The molecule has 0 bridgehead atoms. The van der Waals surface area contributed by atoms with Gasteiger partial charge in [-0.05, 0) is 45.2 Å². The Morgan fingerprint density at radius 2 is 2.17 bits per heavy atom. The van der Waals surface area contributed by atoms with Crippen molar-refractivity contribution in [3.63, 3.8) is 0 Å². The lowest BCUT2D eigenvalue weighted by Crippen LogP contribution is -2.36. The van der Waals surface area contributed by atoms with Gasteiger partial charge in [0.2, 0.25) is 5.95 Å². The number of anilines is 1. The molecule has 0 spiro atoms. The van der Waals surface area contributed by atoms with Crippen molar-refractivity contribution in [1.29, 1.82) is 0 Å². The average molecular weight is 328 g/mol. The SMILES string of the molecule is CC(O)(CNc1ncc(Br)cn1)Cc1ccsc1. The molecule has 0 radical (unpaired) electrons. The maximum atomic E-state index is 10.3. The van der Waals surface area contributed by atoms with Crippen LogP contribution in [0.25, 0.3) is 0 Å². The smallest absolute Gasteiger partial charge is 0.222 e. The molecule has 0 amide bonds. The fraction of sp³-hybridized carbons (Fsp3) is 0.333. The number of aliphatic hydroxyl groups is 1. The Morgan fingerprint density at radius 1 is 1.44 bits per heavy atom. The van der Waals surface area contributed by atoms with Crippen LogP contribution in [-0.2, 0) is 6.42 Å². The molecule has 0 aliphatic rings. The van der Waals surface area contributed by atoms with Crippen LogP contribution in [0.1, 0.15) is 12.5 Å². The van der Waals surface area contributed by atoms with Gasteiger partial charge in [-0.1, -0.05) is 0 Å². The highest BCUT2D eigenvalue weighted by molar-refractivity contribution is 9.10. The molecule has 6 heteroatoms. The standard InChI is InChI=1S/C12H14BrN3OS/c1-12(17,4-9-2-3-18-7-9)8-16-11-14-5-10(13)6-15-11/h2-3,5-7,17H,4,8H2,1H3,(H,14,15,16). The number of rotatable bonds is 5. The van der Waals surface area contributed by atoms with E-state index in [-0.39, 0.29) is 0 Å². The number of nitrogens with zero attached hydrogens (tertiary/aromatic N) is 2. The lowest BCUT2D eigenvalue weighted by atomic mass is 9.98. The third-order valence-corrected chi connectivity index (χ3v) is 3.55. The van der Waals surface area contributed by atoms with Crippen LogP contribution in [0.4, 0.5) is 5.95 Å². The van der Waals surface area contributed by atoms with Gasteiger partial charge in [0.05, 0.1) is 10.1 Å². The van der Waals surface area contributed by atoms with Crippen LogP contribution >= 0.6 is 27.3 Å². The highest BCUT2D eigenvalue weighted by Gasteiger charge is 2.21. The summed E-state index contributed by atoms with van der Waals surface area (Å²) in [5.74, 6) is 0.517. The highest BCUT2D eigenvalue weighted by Crippen LogP contribution is 2.16. The van der Waals surface area contributed by atoms with Crippen molar-refractivity contribution in [3.8, 4) is 0 Å². The summed E-state index contributed by atoms with van der Waals surface area (Å²) in [6.45, 7) is 2.21. The fourth-order valence-electron chi connectivity index (χ4n) is 1.57. The number of hydrogen-bond acceptors (Lipinski definition) is 5. The summed E-state index contributed by atoms with van der Waals surface area (Å²) in [7, 11) is 0. The summed E-state index contributed by atoms with van der Waals surface area (Å²) in [6, 6.07) is 2.02. The Bertz CT molecular complexity index is 485. The van der Waals surface area contributed by atoms with Crippen molar-refractivity contribution in [3.05, 3.63) is 39.3 Å². The number of aromatic nitrogens is 2. The van der Waals surface area contributed by atoms with Gasteiger partial charge in [0.15, 0.2) is 0 Å². The van der Waals surface area contributed by atoms with Crippen LogP contribution in [-0.4, -0.2) is 27.2 Å². The predicted octanol–water partition coefficient (Wildman–Crippen LogP) is 2.71. The van der Waals surface area contributed by atoms with Crippen molar-refractivity contribution < 1.29 is 5.11 Å². The molecule has 4 nitrogen and oxygen atoms in total. The third-order valence-electron chi connectivity index (χ3n) is 2.41. The molecular formula is C12H14BrN3OS. The van der Waals surface area contributed by atoms with E-state index in [0.29, 0.717) is 18.9 Å². The zero-order chi connectivity index (χ0) is 13.0. The summed E-state index contributed by atoms with van der Waals surface area (Å²) >= 11 is 4.91. The molecule has 2 heterocycles. The van der Waals surface area contributed by atoms with Crippen LogP contribution in [0.2, 0.25) is 0 Å². The van der Waals surface area contributed by atoms with Crippen LogP contribution in [0.5, 0.6) is 0 Å². The average Bonchev–Trinajstić information content (AvgIpc) is 2.80. The quantitative estimate of drug-likeness (QED) is 0.886. The largest absolute Gasteiger partial charge is 0.388 e. The Balaban J connectivity index is 1.90. The molecule has 2 N–H and O–H groups in total. The van der Waals surface area contributed by atoms with E-state index < -0.39 is 5.60 Å². The molecule has 2 rings (SSSR count). The van der Waals surface area contributed by atoms with Gasteiger partial charge >= 0.3 is 0 Å². The summed E-state index contributed by atoms with van der Waals surface area (Å²) in [6.07, 6.45) is 3.95. The van der Waals surface area contributed by atoms with Gasteiger partial charge in [-0.3, -0.25) is 0 Å². The molecule has 0 aliphatic carbocycles. The van der Waals surface area contributed by atoms with Gasteiger partial charge in [0.25, 0.3) is 0 Å². The van der Waals surface area contributed by atoms with Crippen LogP contribution < -0.4 is 5.32 Å². The molecule has 0 saturated heterocycles. The second-order valence-electron chi connectivity index (χ2n) is 4.38. The molecule has 2 aromatic rings. The van der Waals surface area contributed by atoms with E-state index in [4.69, 9.17) is 0 Å². The van der Waals surface area contributed by atoms with Crippen molar-refractivity contribution in [2.75, 3.05) is 11.9 Å². The molecule has 0 aliphatic heterocycles. The maximum absolute atomic E-state index is 10.3. The first kappa shape index (κ1) is 13.5. The van der Waals surface area contributed by atoms with Crippen molar-refractivity contribution in [1.82, 2.24) is 9.97 Å². The summed E-state index contributed by atoms with van der Waals surface area (Å²) < 4.78 is 0.832. The van der Waals surface area contributed by atoms with Crippen LogP contribution in [0.3, 0.4) is 0 Å². The minimum atomic E-state index is -0.822. The molecule has 1 atom stereocenters. The Hall–Kier alpha value is -0.980. The lowest BCUT2D eigenvalue weighted by molar-refractivity contribution is 0.0741. The topological polar surface area (TPSA) is 58.0 Å². The lowest BCUT2D eigenvalue weighted by Gasteiger charge is -2.23. The molecule has 2 aromatic heterocycles. The predicted molar refractivity (Wildman–Crippen MR) is 76.9 cm³/mol. The number of thiophene rings is 1. The molecular weight excluding hydrogens is 314 g/mol. The first-order valence-electron chi connectivity index (χ1n) is 5.50. The van der Waals surface area contributed by atoms with Gasteiger partial charge in [-0.15, -0.1) is 0 Å². The first-order valence-corrected chi connectivity index (χ1v) is 7.24.